The first-order valence-electron chi connectivity index (χ1n) is 11.8. The molecule has 0 aliphatic heterocycles. The second kappa shape index (κ2) is 8.83. The van der Waals surface area contributed by atoms with Crippen LogP contribution in [0.1, 0.15) is 0 Å². The first-order chi connectivity index (χ1) is 17.8. The summed E-state index contributed by atoms with van der Waals surface area (Å²) < 4.78 is 2.41. The van der Waals surface area contributed by atoms with Gasteiger partial charge in [-0.2, -0.15) is 0 Å². The molecule has 0 saturated heterocycles. The summed E-state index contributed by atoms with van der Waals surface area (Å²) in [5, 5.41) is 2.08. The SMILES string of the molecule is c1ccc(-c2ccc3nc(-c4ccc(-c5nc6ccc(-c7ccccc7)cc6s5)cc4)sc3c2)cc1. The lowest BCUT2D eigenvalue weighted by molar-refractivity contribution is 1.46. The van der Waals surface area contributed by atoms with Crippen LogP contribution in [-0.4, -0.2) is 9.97 Å². The lowest BCUT2D eigenvalue weighted by Crippen LogP contribution is -1.79. The van der Waals surface area contributed by atoms with Crippen LogP contribution in [-0.2, 0) is 0 Å². The maximum absolute atomic E-state index is 4.90. The minimum absolute atomic E-state index is 1.04. The Balaban J connectivity index is 1.18. The molecule has 7 aromatic rings. The van der Waals surface area contributed by atoms with Gasteiger partial charge in [0, 0.05) is 11.1 Å². The summed E-state index contributed by atoms with van der Waals surface area (Å²) in [6.45, 7) is 0. The minimum atomic E-state index is 1.04. The maximum Gasteiger partial charge on any atom is 0.124 e. The van der Waals surface area contributed by atoms with Gasteiger partial charge in [0.25, 0.3) is 0 Å². The van der Waals surface area contributed by atoms with E-state index in [0.717, 1.165) is 32.2 Å². The van der Waals surface area contributed by atoms with Crippen molar-refractivity contribution in [3.8, 4) is 43.4 Å². The molecule has 0 N–H and O–H groups in total. The van der Waals surface area contributed by atoms with E-state index in [2.05, 4.69) is 109 Å². The Bertz CT molecular complexity index is 1680. The highest BCUT2D eigenvalue weighted by Gasteiger charge is 2.11. The topological polar surface area (TPSA) is 25.8 Å². The third-order valence-electron chi connectivity index (χ3n) is 6.37. The summed E-state index contributed by atoms with van der Waals surface area (Å²) >= 11 is 3.48. The third kappa shape index (κ3) is 3.91. The van der Waals surface area contributed by atoms with Crippen LogP contribution < -0.4 is 0 Å². The Kier molecular flexibility index (Phi) is 5.20. The molecule has 170 valence electrons. The smallest absolute Gasteiger partial charge is 0.124 e. The van der Waals surface area contributed by atoms with Crippen LogP contribution in [0.3, 0.4) is 0 Å². The first kappa shape index (κ1) is 21.2. The molecule has 5 aromatic carbocycles. The van der Waals surface area contributed by atoms with E-state index in [9.17, 15) is 0 Å². The fraction of sp³-hybridized carbons (Fsp3) is 0. The van der Waals surface area contributed by atoms with E-state index in [1.807, 2.05) is 12.1 Å². The molecular formula is C32H20N2S2. The van der Waals surface area contributed by atoms with E-state index >= 15 is 0 Å². The minimum Gasteiger partial charge on any atom is -0.236 e. The van der Waals surface area contributed by atoms with Crippen LogP contribution >= 0.6 is 22.7 Å². The molecule has 0 spiro atoms. The Labute approximate surface area is 217 Å². The molecule has 4 heteroatoms. The van der Waals surface area contributed by atoms with Gasteiger partial charge in [0.2, 0.25) is 0 Å². The van der Waals surface area contributed by atoms with E-state index in [1.54, 1.807) is 22.7 Å². The number of aromatic nitrogens is 2. The fourth-order valence-corrected chi connectivity index (χ4v) is 6.49. The van der Waals surface area contributed by atoms with Gasteiger partial charge in [-0.3, -0.25) is 0 Å². The molecule has 0 radical (unpaired) electrons. The van der Waals surface area contributed by atoms with Crippen molar-refractivity contribution in [3.63, 3.8) is 0 Å². The predicted octanol–water partition coefficient (Wildman–Crippen LogP) is 9.57. The number of thiazole rings is 2. The van der Waals surface area contributed by atoms with Crippen molar-refractivity contribution in [2.45, 2.75) is 0 Å². The second-order valence-corrected chi connectivity index (χ2v) is 10.8. The van der Waals surface area contributed by atoms with Gasteiger partial charge in [0.05, 0.1) is 20.4 Å². The van der Waals surface area contributed by atoms with Gasteiger partial charge in [-0.1, -0.05) is 97.1 Å². The molecule has 0 atom stereocenters. The lowest BCUT2D eigenvalue weighted by atomic mass is 10.1. The highest BCUT2D eigenvalue weighted by molar-refractivity contribution is 7.22. The molecule has 0 amide bonds. The number of hydrogen-bond acceptors (Lipinski definition) is 4. The van der Waals surface area contributed by atoms with Gasteiger partial charge in [0.15, 0.2) is 0 Å². The molecule has 2 heterocycles. The number of benzene rings is 5. The lowest BCUT2D eigenvalue weighted by Gasteiger charge is -2.00. The second-order valence-electron chi connectivity index (χ2n) is 8.71. The van der Waals surface area contributed by atoms with Gasteiger partial charge in [-0.15, -0.1) is 22.7 Å². The molecule has 0 unspecified atom stereocenters. The molecule has 0 aliphatic carbocycles. The maximum atomic E-state index is 4.90. The van der Waals surface area contributed by atoms with Crippen molar-refractivity contribution in [2.24, 2.45) is 0 Å². The van der Waals surface area contributed by atoms with Gasteiger partial charge in [0.1, 0.15) is 10.0 Å². The zero-order valence-corrected chi connectivity index (χ0v) is 20.9. The fourth-order valence-electron chi connectivity index (χ4n) is 4.47. The van der Waals surface area contributed by atoms with E-state index in [4.69, 9.17) is 9.97 Å². The van der Waals surface area contributed by atoms with Crippen LogP contribution in [0.4, 0.5) is 0 Å². The van der Waals surface area contributed by atoms with Gasteiger partial charge in [-0.05, 0) is 46.5 Å². The van der Waals surface area contributed by atoms with Crippen LogP contribution in [0, 0.1) is 0 Å². The number of fused-ring (bicyclic) bond motifs is 2. The van der Waals surface area contributed by atoms with Crippen molar-refractivity contribution < 1.29 is 0 Å². The average Bonchev–Trinajstić information content (AvgIpc) is 3.58. The average molecular weight is 497 g/mol. The molecule has 7 rings (SSSR count). The number of rotatable bonds is 4. The molecule has 0 saturated carbocycles. The van der Waals surface area contributed by atoms with Crippen LogP contribution in [0.5, 0.6) is 0 Å². The first-order valence-corrected chi connectivity index (χ1v) is 13.5. The van der Waals surface area contributed by atoms with E-state index in [0.29, 0.717) is 0 Å². The highest BCUT2D eigenvalue weighted by Crippen LogP contribution is 2.36. The van der Waals surface area contributed by atoms with Gasteiger partial charge >= 0.3 is 0 Å². The zero-order chi connectivity index (χ0) is 23.9. The molecular weight excluding hydrogens is 477 g/mol. The molecule has 0 aliphatic rings. The Morgan fingerprint density at radius 2 is 0.750 bits per heavy atom. The third-order valence-corrected chi connectivity index (χ3v) is 8.50. The van der Waals surface area contributed by atoms with Gasteiger partial charge in [-0.25, -0.2) is 9.97 Å². The summed E-state index contributed by atoms with van der Waals surface area (Å²) in [7, 11) is 0. The van der Waals surface area contributed by atoms with Gasteiger partial charge < -0.3 is 0 Å². The molecule has 2 nitrogen and oxygen atoms in total. The highest BCUT2D eigenvalue weighted by atomic mass is 32.1. The van der Waals surface area contributed by atoms with E-state index in [1.165, 1.54) is 31.7 Å². The predicted molar refractivity (Wildman–Crippen MR) is 155 cm³/mol. The summed E-state index contributed by atoms with van der Waals surface area (Å²) in [6, 6.07) is 42.7. The van der Waals surface area contributed by atoms with Crippen LogP contribution in [0.15, 0.2) is 121 Å². The van der Waals surface area contributed by atoms with Crippen molar-refractivity contribution in [1.82, 2.24) is 9.97 Å². The summed E-state index contributed by atoms with van der Waals surface area (Å²) in [5.74, 6) is 0. The molecule has 0 fully saturated rings. The van der Waals surface area contributed by atoms with Crippen LogP contribution in [0.2, 0.25) is 0 Å². The summed E-state index contributed by atoms with van der Waals surface area (Å²) in [5.41, 5.74) is 9.25. The number of hydrogen-bond donors (Lipinski definition) is 0. The summed E-state index contributed by atoms with van der Waals surface area (Å²) in [4.78, 5) is 9.80. The monoisotopic (exact) mass is 496 g/mol. The Morgan fingerprint density at radius 3 is 1.17 bits per heavy atom. The normalized spacial score (nSPS) is 11.3. The van der Waals surface area contributed by atoms with Crippen molar-refractivity contribution in [3.05, 3.63) is 121 Å². The van der Waals surface area contributed by atoms with Crippen LogP contribution in [0.25, 0.3) is 63.8 Å². The van der Waals surface area contributed by atoms with Crippen molar-refractivity contribution in [1.29, 1.82) is 0 Å². The standard InChI is InChI=1S/C32H20N2S2/c1-3-7-21(8-4-1)25-15-17-27-29(19-25)35-31(33-27)23-11-13-24(14-12-23)32-34-28-18-16-26(20-30(28)36-32)22-9-5-2-6-10-22/h1-20H. The molecule has 36 heavy (non-hydrogen) atoms. The summed E-state index contributed by atoms with van der Waals surface area (Å²) in [6.07, 6.45) is 0. The quantitative estimate of drug-likeness (QED) is 0.242. The van der Waals surface area contributed by atoms with Crippen molar-refractivity contribution >= 4 is 43.1 Å². The number of nitrogens with zero attached hydrogens (tertiary/aromatic N) is 2. The van der Waals surface area contributed by atoms with Crippen molar-refractivity contribution in [2.75, 3.05) is 0 Å². The molecule has 2 aromatic heterocycles. The van der Waals surface area contributed by atoms with E-state index in [-0.39, 0.29) is 0 Å². The Morgan fingerprint density at radius 1 is 0.361 bits per heavy atom. The molecule has 0 bridgehead atoms. The zero-order valence-electron chi connectivity index (χ0n) is 19.3. The Hall–Kier alpha value is -4.12. The largest absolute Gasteiger partial charge is 0.236 e. The van der Waals surface area contributed by atoms with E-state index < -0.39 is 0 Å².